The van der Waals surface area contributed by atoms with Gasteiger partial charge in [-0.3, -0.25) is 14.7 Å². The van der Waals surface area contributed by atoms with Gasteiger partial charge in [-0.05, 0) is 42.5 Å². The zero-order chi connectivity index (χ0) is 17.4. The number of piperazine rings is 1. The number of Topliss-reactive ketones (excluding diaryl/α,β-unsaturated/α-hetero) is 1. The Morgan fingerprint density at radius 3 is 2.92 bits per heavy atom. The summed E-state index contributed by atoms with van der Waals surface area (Å²) < 4.78 is 13.8. The number of rotatable bonds is 2. The topological polar surface area (TPSA) is 45.2 Å². The van der Waals surface area contributed by atoms with Crippen LogP contribution in [0.4, 0.5) is 4.39 Å². The summed E-state index contributed by atoms with van der Waals surface area (Å²) in [6.07, 6.45) is 2.98. The molecule has 1 fully saturated rings. The first kappa shape index (κ1) is 16.4. The molecule has 2 heterocycles. The van der Waals surface area contributed by atoms with E-state index in [2.05, 4.69) is 33.4 Å². The van der Waals surface area contributed by atoms with Crippen LogP contribution in [0.25, 0.3) is 0 Å². The lowest BCUT2D eigenvalue weighted by molar-refractivity contribution is -0.120. The SMILES string of the molecule is CC(=O)[C@H]1CN(C2c3ccccc3CCc3cc(F)cnc32)CCN1. The molecule has 4 rings (SSSR count). The number of nitrogens with one attached hydrogen (secondary N) is 1. The van der Waals surface area contributed by atoms with E-state index in [-0.39, 0.29) is 23.7 Å². The zero-order valence-corrected chi connectivity index (χ0v) is 14.3. The molecule has 1 N–H and O–H groups in total. The van der Waals surface area contributed by atoms with Gasteiger partial charge < -0.3 is 5.32 Å². The van der Waals surface area contributed by atoms with E-state index in [4.69, 9.17) is 0 Å². The van der Waals surface area contributed by atoms with Crippen LogP contribution in [0.2, 0.25) is 0 Å². The van der Waals surface area contributed by atoms with Crippen molar-refractivity contribution in [2.45, 2.75) is 31.8 Å². The van der Waals surface area contributed by atoms with Crippen LogP contribution in [0.15, 0.2) is 36.5 Å². The Balaban J connectivity index is 1.81. The minimum absolute atomic E-state index is 0.0294. The number of carbonyl (C=O) groups excluding carboxylic acids is 1. The van der Waals surface area contributed by atoms with E-state index >= 15 is 0 Å². The summed E-state index contributed by atoms with van der Waals surface area (Å²) in [5.74, 6) is -0.135. The number of pyridine rings is 1. The fraction of sp³-hybridized carbons (Fsp3) is 0.400. The van der Waals surface area contributed by atoms with Crippen LogP contribution in [-0.2, 0) is 17.6 Å². The maximum atomic E-state index is 13.8. The van der Waals surface area contributed by atoms with Gasteiger partial charge in [0.2, 0.25) is 0 Å². The minimum atomic E-state index is -0.287. The number of aromatic nitrogens is 1. The molecule has 25 heavy (non-hydrogen) atoms. The highest BCUT2D eigenvalue weighted by Crippen LogP contribution is 2.36. The van der Waals surface area contributed by atoms with Crippen molar-refractivity contribution < 1.29 is 9.18 Å². The summed E-state index contributed by atoms with van der Waals surface area (Å²) in [6, 6.07) is 9.82. The second kappa shape index (κ2) is 6.65. The summed E-state index contributed by atoms with van der Waals surface area (Å²) in [5.41, 5.74) is 4.41. The second-order valence-electron chi connectivity index (χ2n) is 6.91. The maximum Gasteiger partial charge on any atom is 0.147 e. The number of benzene rings is 1. The van der Waals surface area contributed by atoms with Gasteiger partial charge in [0.15, 0.2) is 0 Å². The second-order valence-corrected chi connectivity index (χ2v) is 6.91. The molecule has 1 unspecified atom stereocenters. The van der Waals surface area contributed by atoms with Gasteiger partial charge in [-0.25, -0.2) is 4.39 Å². The lowest BCUT2D eigenvalue weighted by atomic mass is 9.95. The first-order valence-electron chi connectivity index (χ1n) is 8.83. The van der Waals surface area contributed by atoms with Crippen LogP contribution in [0.1, 0.15) is 35.3 Å². The third-order valence-electron chi connectivity index (χ3n) is 5.30. The van der Waals surface area contributed by atoms with Crippen LogP contribution < -0.4 is 5.32 Å². The molecule has 0 amide bonds. The molecule has 0 spiro atoms. The summed E-state index contributed by atoms with van der Waals surface area (Å²) >= 11 is 0. The summed E-state index contributed by atoms with van der Waals surface area (Å²) in [5, 5.41) is 3.29. The van der Waals surface area contributed by atoms with E-state index in [1.54, 1.807) is 13.0 Å². The highest BCUT2D eigenvalue weighted by Gasteiger charge is 2.34. The number of carbonyl (C=O) groups is 1. The van der Waals surface area contributed by atoms with Gasteiger partial charge in [-0.1, -0.05) is 24.3 Å². The van der Waals surface area contributed by atoms with E-state index < -0.39 is 0 Å². The largest absolute Gasteiger partial charge is 0.305 e. The Bertz CT molecular complexity index is 807. The fourth-order valence-electron chi connectivity index (χ4n) is 4.03. The number of halogens is 1. The average molecular weight is 339 g/mol. The van der Waals surface area contributed by atoms with E-state index in [1.165, 1.54) is 17.3 Å². The van der Waals surface area contributed by atoms with Crippen molar-refractivity contribution in [3.05, 3.63) is 64.7 Å². The molecule has 1 aliphatic heterocycles. The quantitative estimate of drug-likeness (QED) is 0.912. The van der Waals surface area contributed by atoms with Gasteiger partial charge in [0.25, 0.3) is 0 Å². The summed E-state index contributed by atoms with van der Waals surface area (Å²) in [7, 11) is 0. The summed E-state index contributed by atoms with van der Waals surface area (Å²) in [4.78, 5) is 18.7. The van der Waals surface area contributed by atoms with Crippen molar-refractivity contribution in [3.8, 4) is 0 Å². The number of ketones is 1. The Morgan fingerprint density at radius 1 is 1.28 bits per heavy atom. The molecule has 4 nitrogen and oxygen atoms in total. The molecule has 1 aliphatic carbocycles. The smallest absolute Gasteiger partial charge is 0.147 e. The third-order valence-corrected chi connectivity index (χ3v) is 5.30. The minimum Gasteiger partial charge on any atom is -0.305 e. The summed E-state index contributed by atoms with van der Waals surface area (Å²) in [6.45, 7) is 3.87. The number of hydrogen-bond donors (Lipinski definition) is 1. The zero-order valence-electron chi connectivity index (χ0n) is 14.3. The monoisotopic (exact) mass is 339 g/mol. The molecule has 1 saturated heterocycles. The lowest BCUT2D eigenvalue weighted by Gasteiger charge is -2.38. The maximum absolute atomic E-state index is 13.8. The molecule has 2 aromatic rings. The Kier molecular flexibility index (Phi) is 4.36. The van der Waals surface area contributed by atoms with Crippen LogP contribution in [0.5, 0.6) is 0 Å². The van der Waals surface area contributed by atoms with Gasteiger partial charge in [-0.15, -0.1) is 0 Å². The first-order valence-corrected chi connectivity index (χ1v) is 8.83. The highest BCUT2D eigenvalue weighted by atomic mass is 19.1. The van der Waals surface area contributed by atoms with Crippen molar-refractivity contribution in [1.82, 2.24) is 15.2 Å². The fourth-order valence-corrected chi connectivity index (χ4v) is 4.03. The molecule has 1 aromatic heterocycles. The molecule has 0 bridgehead atoms. The Labute approximate surface area is 147 Å². The molecule has 0 radical (unpaired) electrons. The van der Waals surface area contributed by atoms with Gasteiger partial charge in [0.1, 0.15) is 11.6 Å². The first-order chi connectivity index (χ1) is 12.1. The molecule has 130 valence electrons. The van der Waals surface area contributed by atoms with Gasteiger partial charge in [0, 0.05) is 19.6 Å². The van der Waals surface area contributed by atoms with Crippen molar-refractivity contribution in [1.29, 1.82) is 0 Å². The molecule has 1 aromatic carbocycles. The Hall–Kier alpha value is -2.11. The van der Waals surface area contributed by atoms with Crippen LogP contribution in [-0.4, -0.2) is 41.3 Å². The lowest BCUT2D eigenvalue weighted by Crippen LogP contribution is -2.54. The van der Waals surface area contributed by atoms with Crippen molar-refractivity contribution in [2.75, 3.05) is 19.6 Å². The molecule has 2 atom stereocenters. The number of hydrogen-bond acceptors (Lipinski definition) is 4. The molecular formula is C20H22FN3O. The third kappa shape index (κ3) is 3.10. The normalized spacial score (nSPS) is 23.4. The van der Waals surface area contributed by atoms with E-state index in [0.717, 1.165) is 37.2 Å². The standard InChI is InChI=1S/C20H22FN3O/c1-13(25)18-12-24(9-8-22-18)20-17-5-3-2-4-14(17)6-7-15-10-16(21)11-23-19(15)20/h2-5,10-11,18,20,22H,6-9,12H2,1H3/t18-,20?/m1/s1. The Morgan fingerprint density at radius 2 is 2.08 bits per heavy atom. The number of fused-ring (bicyclic) bond motifs is 2. The van der Waals surface area contributed by atoms with Crippen LogP contribution in [0, 0.1) is 5.82 Å². The predicted octanol–water partition coefficient (Wildman–Crippen LogP) is 2.27. The van der Waals surface area contributed by atoms with Gasteiger partial charge in [-0.2, -0.15) is 0 Å². The molecule has 0 saturated carbocycles. The van der Waals surface area contributed by atoms with E-state index in [1.807, 2.05) is 6.07 Å². The number of aryl methyl sites for hydroxylation is 2. The van der Waals surface area contributed by atoms with Gasteiger partial charge in [0.05, 0.1) is 24.0 Å². The van der Waals surface area contributed by atoms with Crippen LogP contribution >= 0.6 is 0 Å². The number of nitrogens with zero attached hydrogens (tertiary/aromatic N) is 2. The molecular weight excluding hydrogens is 317 g/mol. The van der Waals surface area contributed by atoms with E-state index in [9.17, 15) is 9.18 Å². The van der Waals surface area contributed by atoms with Gasteiger partial charge >= 0.3 is 0 Å². The van der Waals surface area contributed by atoms with Crippen molar-refractivity contribution in [2.24, 2.45) is 0 Å². The van der Waals surface area contributed by atoms with Crippen molar-refractivity contribution >= 4 is 5.78 Å². The van der Waals surface area contributed by atoms with Crippen molar-refractivity contribution in [3.63, 3.8) is 0 Å². The predicted molar refractivity (Wildman–Crippen MR) is 93.9 cm³/mol. The van der Waals surface area contributed by atoms with Crippen LogP contribution in [0.3, 0.4) is 0 Å². The highest BCUT2D eigenvalue weighted by molar-refractivity contribution is 5.81. The van der Waals surface area contributed by atoms with E-state index in [0.29, 0.717) is 6.54 Å². The average Bonchev–Trinajstić information content (AvgIpc) is 2.78. The molecule has 5 heteroatoms. The molecule has 2 aliphatic rings.